The third-order valence-electron chi connectivity index (χ3n) is 7.07. The van der Waals surface area contributed by atoms with Crippen LogP contribution in [0.15, 0.2) is 48.5 Å². The molecule has 0 radical (unpaired) electrons. The lowest BCUT2D eigenvalue weighted by atomic mass is 9.98. The predicted molar refractivity (Wildman–Crippen MR) is 142 cm³/mol. The van der Waals surface area contributed by atoms with Gasteiger partial charge in [-0.15, -0.1) is 11.3 Å². The second-order valence-electron chi connectivity index (χ2n) is 9.18. The van der Waals surface area contributed by atoms with Crippen molar-refractivity contribution in [1.82, 2.24) is 19.8 Å². The van der Waals surface area contributed by atoms with E-state index >= 15 is 0 Å². The number of hydrogen-bond acceptors (Lipinski definition) is 5. The van der Waals surface area contributed by atoms with E-state index in [4.69, 9.17) is 4.98 Å². The van der Waals surface area contributed by atoms with Crippen molar-refractivity contribution in [3.05, 3.63) is 59.2 Å². The van der Waals surface area contributed by atoms with Gasteiger partial charge in [-0.25, -0.2) is 4.98 Å². The van der Waals surface area contributed by atoms with E-state index in [2.05, 4.69) is 66.3 Å². The lowest BCUT2D eigenvalue weighted by Crippen LogP contribution is -2.48. The number of thiophene rings is 1. The number of piperazine rings is 1. The second kappa shape index (κ2) is 9.76. The van der Waals surface area contributed by atoms with Crippen molar-refractivity contribution in [2.24, 2.45) is 0 Å². The molecule has 2 N–H and O–H groups in total. The number of benzene rings is 2. The van der Waals surface area contributed by atoms with Crippen LogP contribution in [0.5, 0.6) is 0 Å². The zero-order valence-electron chi connectivity index (χ0n) is 20.2. The highest BCUT2D eigenvalue weighted by Gasteiger charge is 2.24. The highest BCUT2D eigenvalue weighted by atomic mass is 32.1. The number of para-hydroxylation sites is 2. The molecule has 2 unspecified atom stereocenters. The van der Waals surface area contributed by atoms with Gasteiger partial charge in [0, 0.05) is 48.5 Å². The molecule has 0 spiro atoms. The molecule has 5 rings (SSSR count). The van der Waals surface area contributed by atoms with Crippen LogP contribution in [0.3, 0.4) is 0 Å². The summed E-state index contributed by atoms with van der Waals surface area (Å²) in [6.07, 6.45) is 0.980. The highest BCUT2D eigenvalue weighted by molar-refractivity contribution is 7.20. The summed E-state index contributed by atoms with van der Waals surface area (Å²) in [5.74, 6) is 1.40. The van der Waals surface area contributed by atoms with E-state index in [1.807, 2.05) is 23.1 Å². The van der Waals surface area contributed by atoms with E-state index in [9.17, 15) is 4.79 Å². The Kier molecular flexibility index (Phi) is 6.57. The van der Waals surface area contributed by atoms with Gasteiger partial charge < -0.3 is 20.1 Å². The summed E-state index contributed by atoms with van der Waals surface area (Å²) in [6.45, 7) is 11.2. The van der Waals surface area contributed by atoms with Crippen LogP contribution in [0.1, 0.15) is 48.6 Å². The summed E-state index contributed by atoms with van der Waals surface area (Å²) < 4.78 is 1.15. The molecule has 4 aromatic rings. The summed E-state index contributed by atoms with van der Waals surface area (Å²) in [4.78, 5) is 26.6. The Bertz CT molecular complexity index is 1250. The first-order valence-corrected chi connectivity index (χ1v) is 13.1. The largest absolute Gasteiger partial charge is 0.382 e. The Balaban J connectivity index is 1.31. The zero-order chi connectivity index (χ0) is 23.7. The minimum atomic E-state index is 0.163. The number of carbonyl (C=O) groups is 1. The first-order valence-electron chi connectivity index (χ1n) is 12.3. The fraction of sp³-hybridized carbons (Fsp3) is 0.407. The van der Waals surface area contributed by atoms with Gasteiger partial charge in [0.15, 0.2) is 0 Å². The number of nitrogens with zero attached hydrogens (tertiary/aromatic N) is 3. The lowest BCUT2D eigenvalue weighted by Gasteiger charge is -2.33. The van der Waals surface area contributed by atoms with E-state index in [0.717, 1.165) is 76.7 Å². The highest BCUT2D eigenvalue weighted by Crippen LogP contribution is 2.31. The Hall–Kier alpha value is -2.90. The van der Waals surface area contributed by atoms with Crippen molar-refractivity contribution in [2.45, 2.75) is 39.2 Å². The monoisotopic (exact) mass is 475 g/mol. The van der Waals surface area contributed by atoms with Crippen molar-refractivity contribution >= 4 is 44.1 Å². The Morgan fingerprint density at radius 1 is 1.12 bits per heavy atom. The van der Waals surface area contributed by atoms with Gasteiger partial charge >= 0.3 is 0 Å². The fourth-order valence-corrected chi connectivity index (χ4v) is 5.85. The molecule has 1 aliphatic heterocycles. The van der Waals surface area contributed by atoms with Crippen LogP contribution < -0.4 is 5.32 Å². The first-order chi connectivity index (χ1) is 16.6. The van der Waals surface area contributed by atoms with Crippen LogP contribution in [-0.2, 0) is 0 Å². The van der Waals surface area contributed by atoms with Crippen LogP contribution >= 0.6 is 11.3 Å². The van der Waals surface area contributed by atoms with E-state index in [-0.39, 0.29) is 17.9 Å². The average Bonchev–Trinajstić information content (AvgIpc) is 3.50. The van der Waals surface area contributed by atoms with Crippen LogP contribution in [0.2, 0.25) is 0 Å². The Morgan fingerprint density at radius 3 is 2.65 bits per heavy atom. The van der Waals surface area contributed by atoms with E-state index in [1.54, 1.807) is 11.3 Å². The summed E-state index contributed by atoms with van der Waals surface area (Å²) >= 11 is 1.60. The molecule has 3 heterocycles. The summed E-state index contributed by atoms with van der Waals surface area (Å²) in [7, 11) is 0. The minimum Gasteiger partial charge on any atom is -0.382 e. The molecular formula is C27H33N5OS. The molecule has 178 valence electrons. The summed E-state index contributed by atoms with van der Waals surface area (Å²) in [6, 6.07) is 16.9. The van der Waals surface area contributed by atoms with Gasteiger partial charge in [-0.3, -0.25) is 4.79 Å². The molecule has 1 fully saturated rings. The van der Waals surface area contributed by atoms with Gasteiger partial charge in [-0.1, -0.05) is 32.9 Å². The molecule has 2 aromatic carbocycles. The van der Waals surface area contributed by atoms with Gasteiger partial charge in [-0.2, -0.15) is 0 Å². The quantitative estimate of drug-likeness (QED) is 0.368. The van der Waals surface area contributed by atoms with Gasteiger partial charge in [0.1, 0.15) is 5.82 Å². The van der Waals surface area contributed by atoms with Crippen molar-refractivity contribution in [3.63, 3.8) is 0 Å². The maximum Gasteiger partial charge on any atom is 0.264 e. The number of carbonyl (C=O) groups excluding carboxylic acids is 1. The van der Waals surface area contributed by atoms with Gasteiger partial charge in [-0.05, 0) is 54.8 Å². The van der Waals surface area contributed by atoms with Gasteiger partial charge in [0.05, 0.1) is 15.9 Å². The number of fused-ring (bicyclic) bond motifs is 2. The van der Waals surface area contributed by atoms with Crippen LogP contribution in [0.25, 0.3) is 21.1 Å². The molecule has 1 saturated heterocycles. The lowest BCUT2D eigenvalue weighted by molar-refractivity contribution is 0.0648. The molecule has 1 amide bonds. The number of H-pyrrole nitrogens is 1. The molecule has 0 saturated carbocycles. The smallest absolute Gasteiger partial charge is 0.264 e. The molecule has 2 atom stereocenters. The van der Waals surface area contributed by atoms with Gasteiger partial charge in [0.25, 0.3) is 5.91 Å². The number of rotatable bonds is 7. The van der Waals surface area contributed by atoms with Crippen LogP contribution in [-0.4, -0.2) is 64.4 Å². The molecule has 0 bridgehead atoms. The number of likely N-dealkylation sites (N-methyl/N-ethyl adjacent to an activating group) is 1. The number of aromatic nitrogens is 2. The predicted octanol–water partition coefficient (Wildman–Crippen LogP) is 5.55. The van der Waals surface area contributed by atoms with E-state index in [0.29, 0.717) is 0 Å². The number of nitrogens with one attached hydrogen (secondary N) is 2. The summed E-state index contributed by atoms with van der Waals surface area (Å²) in [5, 5.41) is 4.84. The summed E-state index contributed by atoms with van der Waals surface area (Å²) in [5.41, 5.74) is 3.16. The maximum absolute atomic E-state index is 13.1. The number of amides is 1. The number of imidazole rings is 1. The third kappa shape index (κ3) is 4.55. The van der Waals surface area contributed by atoms with Crippen molar-refractivity contribution in [3.8, 4) is 0 Å². The molecule has 7 heteroatoms. The van der Waals surface area contributed by atoms with Crippen molar-refractivity contribution in [2.75, 3.05) is 38.0 Å². The minimum absolute atomic E-state index is 0.163. The van der Waals surface area contributed by atoms with Gasteiger partial charge in [0.2, 0.25) is 0 Å². The maximum atomic E-state index is 13.1. The first kappa shape index (κ1) is 22.9. The normalized spacial score (nSPS) is 16.7. The standard InChI is InChI=1S/C27H33N5OS/c1-4-21(18(3)26-29-22-8-6-7-9-23(22)30-26)28-20-10-11-24-19(16-20)17-25(34-24)27(33)32-14-12-31(5-2)13-15-32/h6-11,16-18,21,28H,4-5,12-15H2,1-3H3,(H,29,30). The second-order valence-corrected chi connectivity index (χ2v) is 10.3. The number of hydrogen-bond donors (Lipinski definition) is 2. The van der Waals surface area contributed by atoms with Crippen LogP contribution in [0.4, 0.5) is 5.69 Å². The molecule has 1 aliphatic rings. The Morgan fingerprint density at radius 2 is 1.91 bits per heavy atom. The average molecular weight is 476 g/mol. The molecular weight excluding hydrogens is 442 g/mol. The van der Waals surface area contributed by atoms with E-state index in [1.165, 1.54) is 0 Å². The number of anilines is 1. The van der Waals surface area contributed by atoms with E-state index < -0.39 is 0 Å². The molecule has 0 aliphatic carbocycles. The fourth-order valence-electron chi connectivity index (χ4n) is 4.84. The molecule has 6 nitrogen and oxygen atoms in total. The van der Waals surface area contributed by atoms with Crippen LogP contribution in [0, 0.1) is 0 Å². The zero-order valence-corrected chi connectivity index (χ0v) is 21.0. The Labute approximate surface area is 205 Å². The topological polar surface area (TPSA) is 64.3 Å². The van der Waals surface area contributed by atoms with Crippen molar-refractivity contribution in [1.29, 1.82) is 0 Å². The van der Waals surface area contributed by atoms with Crippen molar-refractivity contribution < 1.29 is 4.79 Å². The third-order valence-corrected chi connectivity index (χ3v) is 8.17. The molecule has 2 aromatic heterocycles. The number of aromatic amines is 1. The SMILES string of the molecule is CCC(Nc1ccc2sc(C(=O)N3CCN(CC)CC3)cc2c1)C(C)c1nc2ccccc2[nH]1. The molecule has 34 heavy (non-hydrogen) atoms.